The number of carbonyl (C=O) groups excluding carboxylic acids is 1. The van der Waals surface area contributed by atoms with Crippen LogP contribution in [0.4, 0.5) is 13.2 Å². The van der Waals surface area contributed by atoms with E-state index in [9.17, 15) is 18.0 Å². The number of hydrogen-bond donors (Lipinski definition) is 2. The van der Waals surface area contributed by atoms with Crippen LogP contribution in [0.15, 0.2) is 24.3 Å². The molecule has 2 N–H and O–H groups in total. The predicted molar refractivity (Wildman–Crippen MR) is 76.2 cm³/mol. The number of halogens is 3. The number of hydrogen-bond acceptors (Lipinski definition) is 2. The molecule has 0 aromatic heterocycles. The lowest BCUT2D eigenvalue weighted by Gasteiger charge is -2.15. The summed E-state index contributed by atoms with van der Waals surface area (Å²) in [5, 5.41) is 11.8. The molecule has 0 heterocycles. The summed E-state index contributed by atoms with van der Waals surface area (Å²) in [5.74, 6) is -0.548. The van der Waals surface area contributed by atoms with Crippen LogP contribution in [-0.4, -0.2) is 23.7 Å². The van der Waals surface area contributed by atoms with Crippen LogP contribution in [0.1, 0.15) is 43.2 Å². The molecule has 0 saturated heterocycles. The number of amides is 1. The van der Waals surface area contributed by atoms with E-state index in [1.807, 2.05) is 6.92 Å². The van der Waals surface area contributed by atoms with Crippen LogP contribution in [-0.2, 0) is 11.0 Å². The molecule has 0 bridgehead atoms. The Morgan fingerprint density at radius 1 is 1.45 bits per heavy atom. The maximum Gasteiger partial charge on any atom is 0.416 e. The molecule has 1 aliphatic rings. The van der Waals surface area contributed by atoms with Crippen LogP contribution in [0.2, 0.25) is 0 Å². The van der Waals surface area contributed by atoms with Gasteiger partial charge in [-0.1, -0.05) is 25.1 Å². The second-order valence-electron chi connectivity index (χ2n) is 5.70. The van der Waals surface area contributed by atoms with Gasteiger partial charge in [0.1, 0.15) is 0 Å². The highest BCUT2D eigenvalue weighted by Gasteiger charge is 2.45. The Morgan fingerprint density at radius 2 is 2.18 bits per heavy atom. The lowest BCUT2D eigenvalue weighted by Crippen LogP contribution is -2.36. The molecule has 1 saturated carbocycles. The van der Waals surface area contributed by atoms with Gasteiger partial charge in [-0.3, -0.25) is 4.79 Å². The molecule has 3 atom stereocenters. The zero-order chi connectivity index (χ0) is 16.3. The Kier molecular flexibility index (Phi) is 5.11. The minimum Gasteiger partial charge on any atom is -0.396 e. The first kappa shape index (κ1) is 16.8. The van der Waals surface area contributed by atoms with E-state index in [1.165, 1.54) is 6.07 Å². The van der Waals surface area contributed by atoms with Crippen molar-refractivity contribution in [1.82, 2.24) is 5.32 Å². The fraction of sp³-hybridized carbons (Fsp3) is 0.562. The molecule has 1 aliphatic carbocycles. The normalized spacial score (nSPS) is 22.2. The summed E-state index contributed by atoms with van der Waals surface area (Å²) in [6.45, 7) is 1.91. The summed E-state index contributed by atoms with van der Waals surface area (Å²) in [6.07, 6.45) is -2.59. The van der Waals surface area contributed by atoms with Gasteiger partial charge in [0.2, 0.25) is 5.91 Å². The highest BCUT2D eigenvalue weighted by molar-refractivity contribution is 5.83. The lowest BCUT2D eigenvalue weighted by molar-refractivity contribution is -0.137. The molecule has 0 radical (unpaired) electrons. The zero-order valence-corrected chi connectivity index (χ0v) is 12.4. The van der Waals surface area contributed by atoms with Crippen LogP contribution in [0.5, 0.6) is 0 Å². The average Bonchev–Trinajstić information content (AvgIpc) is 3.26. The van der Waals surface area contributed by atoms with Gasteiger partial charge in [-0.15, -0.1) is 0 Å². The van der Waals surface area contributed by atoms with Crippen LogP contribution in [0.3, 0.4) is 0 Å². The van der Waals surface area contributed by atoms with Crippen molar-refractivity contribution >= 4 is 5.91 Å². The van der Waals surface area contributed by atoms with Gasteiger partial charge >= 0.3 is 6.18 Å². The Hall–Kier alpha value is -1.56. The van der Waals surface area contributed by atoms with Crippen LogP contribution in [0, 0.1) is 5.92 Å². The third-order valence-electron chi connectivity index (χ3n) is 4.09. The second kappa shape index (κ2) is 6.69. The van der Waals surface area contributed by atoms with Crippen LogP contribution >= 0.6 is 0 Å². The minimum absolute atomic E-state index is 0.000506. The van der Waals surface area contributed by atoms with Crippen molar-refractivity contribution in [2.75, 3.05) is 6.61 Å². The van der Waals surface area contributed by atoms with E-state index in [4.69, 9.17) is 5.11 Å². The summed E-state index contributed by atoms with van der Waals surface area (Å²) in [7, 11) is 0. The summed E-state index contributed by atoms with van der Waals surface area (Å²) >= 11 is 0. The van der Waals surface area contributed by atoms with Gasteiger partial charge in [-0.2, -0.15) is 13.2 Å². The number of aliphatic hydroxyl groups is 1. The standard InChI is InChI=1S/C16H20F3NO2/c1-2-12(6-7-21)20-15(22)14-9-13(14)10-4-3-5-11(8-10)16(17,18)19/h3-5,8,12-14,21H,2,6-7,9H2,1H3,(H,20,22). The van der Waals surface area contributed by atoms with Gasteiger partial charge in [-0.05, 0) is 36.8 Å². The second-order valence-corrected chi connectivity index (χ2v) is 5.70. The van der Waals surface area contributed by atoms with Gasteiger partial charge in [0.05, 0.1) is 5.56 Å². The Labute approximate surface area is 127 Å². The molecule has 0 spiro atoms. The van der Waals surface area contributed by atoms with Crippen molar-refractivity contribution in [2.24, 2.45) is 5.92 Å². The first-order chi connectivity index (χ1) is 10.4. The third kappa shape index (κ3) is 4.00. The summed E-state index contributed by atoms with van der Waals surface area (Å²) in [4.78, 5) is 12.1. The number of alkyl halides is 3. The van der Waals surface area contributed by atoms with E-state index in [-0.39, 0.29) is 30.4 Å². The summed E-state index contributed by atoms with van der Waals surface area (Å²) < 4.78 is 38.1. The molecular weight excluding hydrogens is 295 g/mol. The summed E-state index contributed by atoms with van der Waals surface area (Å²) in [5.41, 5.74) is -0.118. The van der Waals surface area contributed by atoms with Crippen molar-refractivity contribution in [3.63, 3.8) is 0 Å². The maximum absolute atomic E-state index is 12.7. The van der Waals surface area contributed by atoms with E-state index >= 15 is 0 Å². The smallest absolute Gasteiger partial charge is 0.396 e. The largest absolute Gasteiger partial charge is 0.416 e. The number of rotatable bonds is 6. The first-order valence-electron chi connectivity index (χ1n) is 7.45. The van der Waals surface area contributed by atoms with Crippen molar-refractivity contribution in [2.45, 2.75) is 44.3 Å². The lowest BCUT2D eigenvalue weighted by atomic mass is 10.0. The first-order valence-corrected chi connectivity index (χ1v) is 7.45. The molecule has 0 aliphatic heterocycles. The molecule has 1 amide bonds. The molecule has 22 heavy (non-hydrogen) atoms. The minimum atomic E-state index is -4.36. The molecular formula is C16H20F3NO2. The fourth-order valence-corrected chi connectivity index (χ4v) is 2.64. The highest BCUT2D eigenvalue weighted by Crippen LogP contribution is 2.48. The molecule has 3 unspecified atom stereocenters. The Bertz CT molecular complexity index is 530. The van der Waals surface area contributed by atoms with E-state index in [2.05, 4.69) is 5.32 Å². The van der Waals surface area contributed by atoms with Crippen molar-refractivity contribution in [3.8, 4) is 0 Å². The fourth-order valence-electron chi connectivity index (χ4n) is 2.64. The monoisotopic (exact) mass is 315 g/mol. The Morgan fingerprint density at radius 3 is 2.77 bits per heavy atom. The van der Waals surface area contributed by atoms with Crippen molar-refractivity contribution in [1.29, 1.82) is 0 Å². The van der Waals surface area contributed by atoms with Gasteiger partial charge in [0.25, 0.3) is 0 Å². The van der Waals surface area contributed by atoms with E-state index in [0.29, 0.717) is 24.8 Å². The van der Waals surface area contributed by atoms with E-state index in [1.54, 1.807) is 6.07 Å². The van der Waals surface area contributed by atoms with Gasteiger partial charge in [0, 0.05) is 18.6 Å². The SMILES string of the molecule is CCC(CCO)NC(=O)C1CC1c1cccc(C(F)(F)F)c1. The third-order valence-corrected chi connectivity index (χ3v) is 4.09. The topological polar surface area (TPSA) is 49.3 Å². The molecule has 122 valence electrons. The predicted octanol–water partition coefficient (Wildman–Crippen LogP) is 3.09. The average molecular weight is 315 g/mol. The van der Waals surface area contributed by atoms with Crippen LogP contribution in [0.25, 0.3) is 0 Å². The quantitative estimate of drug-likeness (QED) is 0.847. The van der Waals surface area contributed by atoms with Crippen LogP contribution < -0.4 is 5.32 Å². The van der Waals surface area contributed by atoms with Crippen molar-refractivity contribution in [3.05, 3.63) is 35.4 Å². The molecule has 2 rings (SSSR count). The van der Waals surface area contributed by atoms with E-state index in [0.717, 1.165) is 12.1 Å². The van der Waals surface area contributed by atoms with Gasteiger partial charge < -0.3 is 10.4 Å². The molecule has 1 aromatic rings. The zero-order valence-electron chi connectivity index (χ0n) is 12.4. The molecule has 1 aromatic carbocycles. The molecule has 6 heteroatoms. The number of benzene rings is 1. The van der Waals surface area contributed by atoms with E-state index < -0.39 is 11.7 Å². The van der Waals surface area contributed by atoms with Gasteiger partial charge in [-0.25, -0.2) is 0 Å². The molecule has 1 fully saturated rings. The molecule has 3 nitrogen and oxygen atoms in total. The summed E-state index contributed by atoms with van der Waals surface area (Å²) in [6, 6.07) is 5.10. The Balaban J connectivity index is 1.99. The van der Waals surface area contributed by atoms with Crippen molar-refractivity contribution < 1.29 is 23.1 Å². The number of nitrogens with one attached hydrogen (secondary N) is 1. The number of aliphatic hydroxyl groups excluding tert-OH is 1. The van der Waals surface area contributed by atoms with Gasteiger partial charge in [0.15, 0.2) is 0 Å². The highest BCUT2D eigenvalue weighted by atomic mass is 19.4. The maximum atomic E-state index is 12.7. The number of carbonyl (C=O) groups is 1.